The Kier molecular flexibility index (Phi) is 3.74. The van der Waals surface area contributed by atoms with Crippen molar-refractivity contribution in [3.63, 3.8) is 0 Å². The third-order valence-electron chi connectivity index (χ3n) is 2.48. The smallest absolute Gasteiger partial charge is 0.223 e. The molecule has 1 N–H and O–H groups in total. The maximum Gasteiger partial charge on any atom is 0.223 e. The van der Waals surface area contributed by atoms with Crippen LogP contribution >= 0.6 is 11.3 Å². The predicted molar refractivity (Wildman–Crippen MR) is 72.6 cm³/mol. The quantitative estimate of drug-likeness (QED) is 0.901. The van der Waals surface area contributed by atoms with Crippen molar-refractivity contribution >= 4 is 17.3 Å². The molecular formula is C13H17N3S. The van der Waals surface area contributed by atoms with Gasteiger partial charge in [0.2, 0.25) is 5.95 Å². The summed E-state index contributed by atoms with van der Waals surface area (Å²) in [4.78, 5) is 8.77. The van der Waals surface area contributed by atoms with Gasteiger partial charge in [-0.1, -0.05) is 0 Å². The van der Waals surface area contributed by atoms with Crippen molar-refractivity contribution in [3.05, 3.63) is 39.8 Å². The fourth-order valence-corrected chi connectivity index (χ4v) is 2.51. The maximum absolute atomic E-state index is 4.38. The van der Waals surface area contributed by atoms with Crippen LogP contribution in [0.1, 0.15) is 23.9 Å². The third kappa shape index (κ3) is 3.53. The summed E-state index contributed by atoms with van der Waals surface area (Å²) in [5.41, 5.74) is 3.37. The molecule has 90 valence electrons. The lowest BCUT2D eigenvalue weighted by atomic mass is 10.1. The van der Waals surface area contributed by atoms with Gasteiger partial charge in [0.15, 0.2) is 0 Å². The molecule has 0 aliphatic carbocycles. The second-order valence-electron chi connectivity index (χ2n) is 4.36. The lowest BCUT2D eigenvalue weighted by Crippen LogP contribution is -2.19. The SMILES string of the molecule is Cc1cc(C)nc(NC(C)Cc2ccsc2)n1. The van der Waals surface area contributed by atoms with Gasteiger partial charge in [0.05, 0.1) is 0 Å². The van der Waals surface area contributed by atoms with E-state index in [1.165, 1.54) is 5.56 Å². The Labute approximate surface area is 106 Å². The molecule has 1 atom stereocenters. The van der Waals surface area contributed by atoms with Crippen molar-refractivity contribution in [2.24, 2.45) is 0 Å². The topological polar surface area (TPSA) is 37.8 Å². The second kappa shape index (κ2) is 5.27. The summed E-state index contributed by atoms with van der Waals surface area (Å²) in [6.45, 7) is 6.13. The van der Waals surface area contributed by atoms with E-state index in [1.807, 2.05) is 19.9 Å². The largest absolute Gasteiger partial charge is 0.351 e. The average Bonchev–Trinajstić information content (AvgIpc) is 2.67. The molecule has 0 aliphatic heterocycles. The van der Waals surface area contributed by atoms with Crippen LogP contribution in [0.25, 0.3) is 0 Å². The van der Waals surface area contributed by atoms with Crippen LogP contribution in [0, 0.1) is 13.8 Å². The number of nitrogens with zero attached hydrogens (tertiary/aromatic N) is 2. The Bertz CT molecular complexity index is 459. The van der Waals surface area contributed by atoms with Crippen LogP contribution in [0.15, 0.2) is 22.9 Å². The van der Waals surface area contributed by atoms with Crippen LogP contribution in [0.4, 0.5) is 5.95 Å². The van der Waals surface area contributed by atoms with E-state index in [0.29, 0.717) is 6.04 Å². The molecule has 1 unspecified atom stereocenters. The number of aryl methyl sites for hydroxylation is 2. The fourth-order valence-electron chi connectivity index (χ4n) is 1.82. The molecule has 17 heavy (non-hydrogen) atoms. The standard InChI is InChI=1S/C13H17N3S/c1-9-6-10(2)15-13(14-9)16-11(3)7-12-4-5-17-8-12/h4-6,8,11H,7H2,1-3H3,(H,14,15,16). The van der Waals surface area contributed by atoms with E-state index in [9.17, 15) is 0 Å². The van der Waals surface area contributed by atoms with Crippen LogP contribution in [0.5, 0.6) is 0 Å². The van der Waals surface area contributed by atoms with E-state index < -0.39 is 0 Å². The van der Waals surface area contributed by atoms with Crippen LogP contribution in [0.2, 0.25) is 0 Å². The van der Waals surface area contributed by atoms with Crippen molar-refractivity contribution in [1.82, 2.24) is 9.97 Å². The maximum atomic E-state index is 4.38. The Morgan fingerprint density at radius 3 is 2.59 bits per heavy atom. The highest BCUT2D eigenvalue weighted by molar-refractivity contribution is 7.07. The Morgan fingerprint density at radius 2 is 2.00 bits per heavy atom. The molecule has 2 rings (SSSR count). The molecule has 0 aliphatic rings. The highest BCUT2D eigenvalue weighted by Gasteiger charge is 2.06. The van der Waals surface area contributed by atoms with Crippen molar-refractivity contribution in [3.8, 4) is 0 Å². The Balaban J connectivity index is 2.00. The molecule has 0 amide bonds. The van der Waals surface area contributed by atoms with Gasteiger partial charge in [-0.25, -0.2) is 9.97 Å². The van der Waals surface area contributed by atoms with Gasteiger partial charge < -0.3 is 5.32 Å². The normalized spacial score (nSPS) is 12.4. The highest BCUT2D eigenvalue weighted by Crippen LogP contribution is 2.11. The summed E-state index contributed by atoms with van der Waals surface area (Å²) < 4.78 is 0. The third-order valence-corrected chi connectivity index (χ3v) is 3.21. The van der Waals surface area contributed by atoms with Crippen molar-refractivity contribution in [2.45, 2.75) is 33.2 Å². The number of rotatable bonds is 4. The molecule has 2 heterocycles. The van der Waals surface area contributed by atoms with E-state index >= 15 is 0 Å². The number of thiophene rings is 1. The Hall–Kier alpha value is -1.42. The van der Waals surface area contributed by atoms with E-state index in [1.54, 1.807) is 11.3 Å². The molecule has 4 heteroatoms. The van der Waals surface area contributed by atoms with E-state index in [2.05, 4.69) is 39.0 Å². The summed E-state index contributed by atoms with van der Waals surface area (Å²) in [6.07, 6.45) is 1.000. The van der Waals surface area contributed by atoms with Gasteiger partial charge in [0.1, 0.15) is 0 Å². The molecule has 0 saturated heterocycles. The number of anilines is 1. The van der Waals surface area contributed by atoms with Gasteiger partial charge in [-0.2, -0.15) is 11.3 Å². The monoisotopic (exact) mass is 247 g/mol. The van der Waals surface area contributed by atoms with Gasteiger partial charge in [-0.05, 0) is 55.6 Å². The molecular weight excluding hydrogens is 230 g/mol. The minimum absolute atomic E-state index is 0.339. The summed E-state index contributed by atoms with van der Waals surface area (Å²) in [5.74, 6) is 0.727. The van der Waals surface area contributed by atoms with Gasteiger partial charge in [-0.15, -0.1) is 0 Å². The minimum Gasteiger partial charge on any atom is -0.351 e. The summed E-state index contributed by atoms with van der Waals surface area (Å²) in [5, 5.41) is 7.63. The van der Waals surface area contributed by atoms with Crippen molar-refractivity contribution < 1.29 is 0 Å². The van der Waals surface area contributed by atoms with Crippen LogP contribution < -0.4 is 5.32 Å². The molecule has 0 fully saturated rings. The van der Waals surface area contributed by atoms with Gasteiger partial charge in [0, 0.05) is 17.4 Å². The molecule has 0 spiro atoms. The number of hydrogen-bond acceptors (Lipinski definition) is 4. The van der Waals surface area contributed by atoms with Gasteiger partial charge >= 0.3 is 0 Å². The number of aromatic nitrogens is 2. The summed E-state index contributed by atoms with van der Waals surface area (Å²) in [7, 11) is 0. The predicted octanol–water partition coefficient (Wildman–Crippen LogP) is 3.20. The summed E-state index contributed by atoms with van der Waals surface area (Å²) >= 11 is 1.73. The second-order valence-corrected chi connectivity index (χ2v) is 5.14. The van der Waals surface area contributed by atoms with Crippen LogP contribution in [-0.2, 0) is 6.42 Å². The molecule has 2 aromatic heterocycles. The number of hydrogen-bond donors (Lipinski definition) is 1. The van der Waals surface area contributed by atoms with Gasteiger partial charge in [0.25, 0.3) is 0 Å². The van der Waals surface area contributed by atoms with Crippen molar-refractivity contribution in [1.29, 1.82) is 0 Å². The zero-order valence-electron chi connectivity index (χ0n) is 10.4. The average molecular weight is 247 g/mol. The van der Waals surface area contributed by atoms with Crippen LogP contribution in [0.3, 0.4) is 0 Å². The molecule has 0 bridgehead atoms. The minimum atomic E-state index is 0.339. The van der Waals surface area contributed by atoms with Crippen LogP contribution in [-0.4, -0.2) is 16.0 Å². The molecule has 0 aromatic carbocycles. The first kappa shape index (κ1) is 12.0. The summed E-state index contributed by atoms with van der Waals surface area (Å²) in [6, 6.07) is 4.48. The lowest BCUT2D eigenvalue weighted by Gasteiger charge is -2.13. The zero-order valence-corrected chi connectivity index (χ0v) is 11.2. The van der Waals surface area contributed by atoms with E-state index in [0.717, 1.165) is 23.8 Å². The first-order valence-electron chi connectivity index (χ1n) is 5.73. The molecule has 0 saturated carbocycles. The Morgan fingerprint density at radius 1 is 1.29 bits per heavy atom. The van der Waals surface area contributed by atoms with E-state index in [-0.39, 0.29) is 0 Å². The first-order chi connectivity index (χ1) is 8.13. The first-order valence-corrected chi connectivity index (χ1v) is 6.67. The molecule has 0 radical (unpaired) electrons. The van der Waals surface area contributed by atoms with Gasteiger partial charge in [-0.3, -0.25) is 0 Å². The number of nitrogens with one attached hydrogen (secondary N) is 1. The fraction of sp³-hybridized carbons (Fsp3) is 0.385. The molecule has 2 aromatic rings. The lowest BCUT2D eigenvalue weighted by molar-refractivity contribution is 0.776. The zero-order chi connectivity index (χ0) is 12.3. The van der Waals surface area contributed by atoms with Crippen molar-refractivity contribution in [2.75, 3.05) is 5.32 Å². The molecule has 3 nitrogen and oxygen atoms in total. The highest BCUT2D eigenvalue weighted by atomic mass is 32.1. The van der Waals surface area contributed by atoms with E-state index in [4.69, 9.17) is 0 Å².